The third-order valence-electron chi connectivity index (χ3n) is 5.27. The molecule has 0 radical (unpaired) electrons. The quantitative estimate of drug-likeness (QED) is 0.791. The molecule has 5 heteroatoms. The lowest BCUT2D eigenvalue weighted by atomic mass is 9.92. The Morgan fingerprint density at radius 2 is 1.72 bits per heavy atom. The molecule has 132 valence electrons. The zero-order chi connectivity index (χ0) is 17.8. The molecule has 0 unspecified atom stereocenters. The predicted octanol–water partition coefficient (Wildman–Crippen LogP) is 2.03. The predicted molar refractivity (Wildman–Crippen MR) is 95.1 cm³/mol. The van der Waals surface area contributed by atoms with Crippen molar-refractivity contribution in [2.75, 3.05) is 32.8 Å². The summed E-state index contributed by atoms with van der Waals surface area (Å²) in [4.78, 5) is 28.2. The number of likely N-dealkylation sites (tertiary alicyclic amines) is 2. The highest BCUT2D eigenvalue weighted by Gasteiger charge is 2.37. The Hall–Kier alpha value is -2.48. The molecule has 2 saturated heterocycles. The second kappa shape index (κ2) is 7.60. The van der Waals surface area contributed by atoms with Crippen molar-refractivity contribution in [2.45, 2.75) is 19.8 Å². The first-order valence-corrected chi connectivity index (χ1v) is 8.79. The van der Waals surface area contributed by atoms with Gasteiger partial charge in [0.1, 0.15) is 12.4 Å². The molecular formula is C20H24N2O3. The van der Waals surface area contributed by atoms with Gasteiger partial charge in [-0.3, -0.25) is 9.59 Å². The molecule has 0 aromatic heterocycles. The highest BCUT2D eigenvalue weighted by Crippen LogP contribution is 2.32. The number of terminal acetylenes is 1. The van der Waals surface area contributed by atoms with Gasteiger partial charge in [0.2, 0.25) is 5.91 Å². The molecule has 2 heterocycles. The maximum Gasteiger partial charge on any atom is 0.253 e. The Bertz CT molecular complexity index is 661. The molecule has 2 fully saturated rings. The molecule has 0 spiro atoms. The van der Waals surface area contributed by atoms with E-state index >= 15 is 0 Å². The number of ether oxygens (including phenoxy) is 1. The van der Waals surface area contributed by atoms with E-state index in [2.05, 4.69) is 5.92 Å². The van der Waals surface area contributed by atoms with Crippen LogP contribution in [-0.4, -0.2) is 54.4 Å². The number of hydrogen-bond acceptors (Lipinski definition) is 3. The summed E-state index contributed by atoms with van der Waals surface area (Å²) in [5, 5.41) is 0. The first-order chi connectivity index (χ1) is 12.1. The number of carbonyl (C=O) groups excluding carboxylic acids is 2. The van der Waals surface area contributed by atoms with Crippen LogP contribution in [0.1, 0.15) is 30.1 Å². The van der Waals surface area contributed by atoms with Crippen molar-refractivity contribution in [2.24, 2.45) is 11.8 Å². The van der Waals surface area contributed by atoms with Gasteiger partial charge in [0.05, 0.1) is 0 Å². The molecule has 0 bridgehead atoms. The van der Waals surface area contributed by atoms with Crippen LogP contribution in [0.5, 0.6) is 5.75 Å². The maximum absolute atomic E-state index is 12.8. The summed E-state index contributed by atoms with van der Waals surface area (Å²) in [7, 11) is 0. The molecule has 2 amide bonds. The van der Waals surface area contributed by atoms with Gasteiger partial charge >= 0.3 is 0 Å². The van der Waals surface area contributed by atoms with Crippen molar-refractivity contribution >= 4 is 11.8 Å². The van der Waals surface area contributed by atoms with Crippen molar-refractivity contribution in [3.8, 4) is 18.1 Å². The Morgan fingerprint density at radius 1 is 1.12 bits per heavy atom. The lowest BCUT2D eigenvalue weighted by Gasteiger charge is -2.21. The van der Waals surface area contributed by atoms with E-state index in [-0.39, 0.29) is 18.4 Å². The fraction of sp³-hybridized carbons (Fsp3) is 0.500. The summed E-state index contributed by atoms with van der Waals surface area (Å²) in [6.45, 7) is 5.03. The zero-order valence-corrected chi connectivity index (χ0v) is 14.6. The minimum Gasteiger partial charge on any atom is -0.481 e. The van der Waals surface area contributed by atoms with Crippen LogP contribution < -0.4 is 4.74 Å². The van der Waals surface area contributed by atoms with Crippen molar-refractivity contribution < 1.29 is 14.3 Å². The second-order valence-corrected chi connectivity index (χ2v) is 6.83. The van der Waals surface area contributed by atoms with E-state index in [4.69, 9.17) is 11.2 Å². The Balaban J connectivity index is 1.60. The van der Waals surface area contributed by atoms with E-state index in [9.17, 15) is 9.59 Å². The highest BCUT2D eigenvalue weighted by atomic mass is 16.5. The Morgan fingerprint density at radius 3 is 2.24 bits per heavy atom. The molecule has 0 aliphatic carbocycles. The molecule has 2 aliphatic heterocycles. The monoisotopic (exact) mass is 340 g/mol. The normalized spacial score (nSPS) is 22.7. The molecule has 1 aromatic rings. The van der Waals surface area contributed by atoms with Crippen LogP contribution >= 0.6 is 0 Å². The summed E-state index contributed by atoms with van der Waals surface area (Å²) in [6, 6.07) is 7.15. The molecule has 0 saturated carbocycles. The summed E-state index contributed by atoms with van der Waals surface area (Å²) in [5.74, 6) is 4.30. The van der Waals surface area contributed by atoms with Gasteiger partial charge in [-0.2, -0.15) is 0 Å². The van der Waals surface area contributed by atoms with E-state index in [1.54, 1.807) is 31.2 Å². The molecule has 5 nitrogen and oxygen atoms in total. The summed E-state index contributed by atoms with van der Waals surface area (Å²) < 4.78 is 5.34. The fourth-order valence-electron chi connectivity index (χ4n) is 3.83. The number of carbonyl (C=O) groups is 2. The van der Waals surface area contributed by atoms with Gasteiger partial charge in [-0.05, 0) is 48.9 Å². The Kier molecular flexibility index (Phi) is 5.28. The second-order valence-electron chi connectivity index (χ2n) is 6.83. The van der Waals surface area contributed by atoms with Gasteiger partial charge in [-0.25, -0.2) is 0 Å². The van der Waals surface area contributed by atoms with E-state index in [1.807, 2.05) is 9.80 Å². The smallest absolute Gasteiger partial charge is 0.253 e. The molecular weight excluding hydrogens is 316 g/mol. The lowest BCUT2D eigenvalue weighted by Crippen LogP contribution is -2.32. The lowest BCUT2D eigenvalue weighted by molar-refractivity contribution is -0.128. The molecule has 3 rings (SSSR count). The number of hydrogen-bond donors (Lipinski definition) is 0. The first kappa shape index (κ1) is 17.3. The average Bonchev–Trinajstić information content (AvgIpc) is 2.92. The van der Waals surface area contributed by atoms with Crippen LogP contribution in [0.3, 0.4) is 0 Å². The minimum atomic E-state index is 0.0694. The third kappa shape index (κ3) is 3.96. The van der Waals surface area contributed by atoms with E-state index in [0.29, 0.717) is 23.1 Å². The maximum atomic E-state index is 12.8. The Labute approximate surface area is 148 Å². The molecule has 2 atom stereocenters. The molecule has 1 aromatic carbocycles. The van der Waals surface area contributed by atoms with Crippen molar-refractivity contribution in [1.29, 1.82) is 0 Å². The fourth-order valence-corrected chi connectivity index (χ4v) is 3.83. The summed E-state index contributed by atoms with van der Waals surface area (Å²) in [5.41, 5.74) is 0.676. The van der Waals surface area contributed by atoms with Crippen LogP contribution in [0.2, 0.25) is 0 Å². The van der Waals surface area contributed by atoms with Gasteiger partial charge in [-0.1, -0.05) is 5.92 Å². The van der Waals surface area contributed by atoms with Gasteiger partial charge in [-0.15, -0.1) is 6.42 Å². The van der Waals surface area contributed by atoms with Crippen molar-refractivity contribution in [1.82, 2.24) is 9.80 Å². The summed E-state index contributed by atoms with van der Waals surface area (Å²) >= 11 is 0. The van der Waals surface area contributed by atoms with E-state index in [0.717, 1.165) is 39.0 Å². The zero-order valence-electron chi connectivity index (χ0n) is 14.6. The number of nitrogens with zero attached hydrogens (tertiary/aromatic N) is 2. The molecule has 2 aliphatic rings. The SMILES string of the molecule is C#CCOc1ccc(C(=O)N2C[C@H]3CCN(C(C)=O)CC[C@H]3C2)cc1. The van der Waals surface area contributed by atoms with Gasteiger partial charge in [0.25, 0.3) is 5.91 Å². The standard InChI is InChI=1S/C20H24N2O3/c1-3-12-25-19-6-4-16(5-7-19)20(24)22-13-17-8-10-21(15(2)23)11-9-18(17)14-22/h1,4-7,17-18H,8-14H2,2H3/t17-,18+. The van der Waals surface area contributed by atoms with Crippen molar-refractivity contribution in [3.05, 3.63) is 29.8 Å². The summed E-state index contributed by atoms with van der Waals surface area (Å²) in [6.07, 6.45) is 7.13. The van der Waals surface area contributed by atoms with Crippen LogP contribution in [0.4, 0.5) is 0 Å². The number of fused-ring (bicyclic) bond motifs is 1. The average molecular weight is 340 g/mol. The van der Waals surface area contributed by atoms with Crippen molar-refractivity contribution in [3.63, 3.8) is 0 Å². The highest BCUT2D eigenvalue weighted by molar-refractivity contribution is 5.94. The van der Waals surface area contributed by atoms with Gasteiger partial charge in [0, 0.05) is 38.7 Å². The van der Waals surface area contributed by atoms with Crippen LogP contribution in [0.25, 0.3) is 0 Å². The van der Waals surface area contributed by atoms with E-state index in [1.165, 1.54) is 0 Å². The van der Waals surface area contributed by atoms with Crippen LogP contribution in [0, 0.1) is 24.2 Å². The largest absolute Gasteiger partial charge is 0.481 e. The molecule has 25 heavy (non-hydrogen) atoms. The topological polar surface area (TPSA) is 49.9 Å². The minimum absolute atomic E-state index is 0.0694. The molecule has 0 N–H and O–H groups in total. The number of benzene rings is 1. The van der Waals surface area contributed by atoms with Crippen LogP contribution in [-0.2, 0) is 4.79 Å². The number of amides is 2. The number of rotatable bonds is 3. The third-order valence-corrected chi connectivity index (χ3v) is 5.27. The van der Waals surface area contributed by atoms with Gasteiger partial charge < -0.3 is 14.5 Å². The van der Waals surface area contributed by atoms with Gasteiger partial charge in [0.15, 0.2) is 0 Å². The first-order valence-electron chi connectivity index (χ1n) is 8.79. The van der Waals surface area contributed by atoms with Crippen LogP contribution in [0.15, 0.2) is 24.3 Å². The van der Waals surface area contributed by atoms with E-state index < -0.39 is 0 Å².